The van der Waals surface area contributed by atoms with Crippen LogP contribution in [-0.2, 0) is 16.6 Å². The first-order valence-corrected chi connectivity index (χ1v) is 9.23. The van der Waals surface area contributed by atoms with Crippen molar-refractivity contribution < 1.29 is 8.42 Å². The van der Waals surface area contributed by atoms with Gasteiger partial charge in [-0.1, -0.05) is 42.5 Å². The topological polar surface area (TPSA) is 63.4 Å². The summed E-state index contributed by atoms with van der Waals surface area (Å²) >= 11 is 12.2. The summed E-state index contributed by atoms with van der Waals surface area (Å²) in [5.74, 6) is 0. The van der Waals surface area contributed by atoms with E-state index in [0.717, 1.165) is 25.7 Å². The van der Waals surface area contributed by atoms with Gasteiger partial charge in [-0.25, -0.2) is 8.42 Å². The summed E-state index contributed by atoms with van der Waals surface area (Å²) in [5.41, 5.74) is 6.14. The molecule has 0 bridgehead atoms. The van der Waals surface area contributed by atoms with Crippen LogP contribution in [0, 0.1) is 0 Å². The zero-order chi connectivity index (χ0) is 15.6. The summed E-state index contributed by atoms with van der Waals surface area (Å²) in [4.78, 5) is 0.0465. The number of hydrogen-bond donors (Lipinski definition) is 1. The minimum atomic E-state index is -3.66. The van der Waals surface area contributed by atoms with E-state index < -0.39 is 10.0 Å². The second kappa shape index (κ2) is 6.84. The van der Waals surface area contributed by atoms with Gasteiger partial charge in [0.15, 0.2) is 0 Å². The molecule has 0 aromatic heterocycles. The van der Waals surface area contributed by atoms with E-state index in [1.54, 1.807) is 13.1 Å². The Bertz CT molecular complexity index is 614. The summed E-state index contributed by atoms with van der Waals surface area (Å²) in [6.45, 7) is 0.148. The average Bonchev–Trinajstić information content (AvgIpc) is 2.49. The van der Waals surface area contributed by atoms with Gasteiger partial charge >= 0.3 is 0 Å². The predicted molar refractivity (Wildman–Crippen MR) is 86.2 cm³/mol. The van der Waals surface area contributed by atoms with Gasteiger partial charge in [0.2, 0.25) is 10.0 Å². The van der Waals surface area contributed by atoms with Crippen LogP contribution in [0.3, 0.4) is 0 Å². The molecule has 1 aliphatic rings. The number of halogens is 2. The van der Waals surface area contributed by atoms with Crippen molar-refractivity contribution in [1.82, 2.24) is 4.31 Å². The fourth-order valence-electron chi connectivity index (χ4n) is 2.75. The fourth-order valence-corrected chi connectivity index (χ4v) is 5.08. The van der Waals surface area contributed by atoms with E-state index >= 15 is 0 Å². The van der Waals surface area contributed by atoms with Crippen molar-refractivity contribution in [1.29, 1.82) is 0 Å². The van der Waals surface area contributed by atoms with E-state index in [4.69, 9.17) is 28.9 Å². The molecule has 0 radical (unpaired) electrons. The Labute approximate surface area is 136 Å². The van der Waals surface area contributed by atoms with Crippen LogP contribution in [0.15, 0.2) is 17.0 Å². The average molecular weight is 351 g/mol. The highest BCUT2D eigenvalue weighted by molar-refractivity contribution is 7.89. The SMILES string of the molecule is CN(C1CCCCC1)S(=O)(=O)c1cc(Cl)cc(CN)c1Cl. The first-order valence-electron chi connectivity index (χ1n) is 7.04. The van der Waals surface area contributed by atoms with Crippen LogP contribution < -0.4 is 5.73 Å². The van der Waals surface area contributed by atoms with Crippen molar-refractivity contribution in [2.75, 3.05) is 7.05 Å². The molecule has 1 fully saturated rings. The summed E-state index contributed by atoms with van der Waals surface area (Å²) in [7, 11) is -2.05. The Kier molecular flexibility index (Phi) is 5.54. The number of hydrogen-bond acceptors (Lipinski definition) is 3. The van der Waals surface area contributed by atoms with Gasteiger partial charge in [0.05, 0.1) is 5.02 Å². The van der Waals surface area contributed by atoms with Gasteiger partial charge < -0.3 is 5.73 Å². The van der Waals surface area contributed by atoms with Crippen LogP contribution in [0.5, 0.6) is 0 Å². The second-order valence-corrected chi connectivity index (χ2v) is 8.17. The lowest BCUT2D eigenvalue weighted by Crippen LogP contribution is -2.38. The molecule has 118 valence electrons. The zero-order valence-corrected chi connectivity index (χ0v) is 14.3. The van der Waals surface area contributed by atoms with Crippen molar-refractivity contribution in [3.8, 4) is 0 Å². The third-order valence-corrected chi connectivity index (χ3v) is 6.76. The molecule has 1 aromatic rings. The van der Waals surface area contributed by atoms with Crippen molar-refractivity contribution in [3.05, 3.63) is 27.7 Å². The van der Waals surface area contributed by atoms with E-state index in [0.29, 0.717) is 10.6 Å². The van der Waals surface area contributed by atoms with Crippen molar-refractivity contribution in [3.63, 3.8) is 0 Å². The molecule has 2 rings (SSSR count). The highest BCUT2D eigenvalue weighted by Crippen LogP contribution is 2.33. The number of nitrogens with two attached hydrogens (primary N) is 1. The molecule has 4 nitrogen and oxygen atoms in total. The lowest BCUT2D eigenvalue weighted by atomic mass is 9.96. The predicted octanol–water partition coefficient (Wildman–Crippen LogP) is 3.41. The van der Waals surface area contributed by atoms with Gasteiger partial charge in [-0.3, -0.25) is 0 Å². The number of nitrogens with zero attached hydrogens (tertiary/aromatic N) is 1. The van der Waals surface area contributed by atoms with Gasteiger partial charge in [-0.15, -0.1) is 0 Å². The minimum absolute atomic E-state index is 0.0279. The van der Waals surface area contributed by atoms with Gasteiger partial charge in [-0.2, -0.15) is 4.31 Å². The molecule has 0 heterocycles. The van der Waals surface area contributed by atoms with Crippen LogP contribution in [0.1, 0.15) is 37.7 Å². The highest BCUT2D eigenvalue weighted by Gasteiger charge is 2.31. The maximum absolute atomic E-state index is 12.8. The van der Waals surface area contributed by atoms with E-state index in [9.17, 15) is 8.42 Å². The molecule has 0 saturated heterocycles. The number of benzene rings is 1. The Morgan fingerprint density at radius 1 is 1.24 bits per heavy atom. The molecule has 2 N–H and O–H groups in total. The molecule has 7 heteroatoms. The third-order valence-electron chi connectivity index (χ3n) is 4.05. The van der Waals surface area contributed by atoms with Crippen LogP contribution in [0.2, 0.25) is 10.0 Å². The van der Waals surface area contributed by atoms with Crippen molar-refractivity contribution >= 4 is 33.2 Å². The lowest BCUT2D eigenvalue weighted by molar-refractivity contribution is 0.286. The smallest absolute Gasteiger partial charge is 0.244 e. The third kappa shape index (κ3) is 3.54. The molecule has 0 spiro atoms. The standard InChI is InChI=1S/C14H20Cl2N2O2S/c1-18(12-5-3-2-4-6-12)21(19,20)13-8-11(15)7-10(9-17)14(13)16/h7-8,12H,2-6,9,17H2,1H3. The second-order valence-electron chi connectivity index (χ2n) is 5.39. The molecule has 0 aliphatic heterocycles. The van der Waals surface area contributed by atoms with E-state index in [-0.39, 0.29) is 22.5 Å². The molecule has 21 heavy (non-hydrogen) atoms. The normalized spacial score (nSPS) is 17.4. The number of sulfonamides is 1. The molecule has 1 aliphatic carbocycles. The zero-order valence-electron chi connectivity index (χ0n) is 12.0. The Morgan fingerprint density at radius 2 is 1.86 bits per heavy atom. The van der Waals surface area contributed by atoms with Crippen LogP contribution >= 0.6 is 23.2 Å². The largest absolute Gasteiger partial charge is 0.326 e. The van der Waals surface area contributed by atoms with Crippen molar-refractivity contribution in [2.45, 2.75) is 49.6 Å². The number of rotatable bonds is 4. The maximum atomic E-state index is 12.8. The summed E-state index contributed by atoms with van der Waals surface area (Å²) in [6, 6.07) is 3.03. The molecule has 0 atom stereocenters. The summed E-state index contributed by atoms with van der Waals surface area (Å²) < 4.78 is 27.1. The van der Waals surface area contributed by atoms with E-state index in [1.165, 1.54) is 16.8 Å². The maximum Gasteiger partial charge on any atom is 0.244 e. The molecular formula is C14H20Cl2N2O2S. The Hall–Kier alpha value is -0.330. The first kappa shape index (κ1) is 17.0. The quantitative estimate of drug-likeness (QED) is 0.904. The summed E-state index contributed by atoms with van der Waals surface area (Å²) in [5, 5.41) is 0.500. The first-order chi connectivity index (χ1) is 9.87. The van der Waals surface area contributed by atoms with Gasteiger partial charge in [0.25, 0.3) is 0 Å². The Morgan fingerprint density at radius 3 is 2.43 bits per heavy atom. The molecular weight excluding hydrogens is 331 g/mol. The van der Waals surface area contributed by atoms with E-state index in [1.807, 2.05) is 0 Å². The van der Waals surface area contributed by atoms with Crippen LogP contribution in [0.25, 0.3) is 0 Å². The van der Waals surface area contributed by atoms with Gasteiger partial charge in [-0.05, 0) is 30.5 Å². The molecule has 1 saturated carbocycles. The summed E-state index contributed by atoms with van der Waals surface area (Å²) in [6.07, 6.45) is 5.05. The fraction of sp³-hybridized carbons (Fsp3) is 0.571. The van der Waals surface area contributed by atoms with Crippen LogP contribution in [0.4, 0.5) is 0 Å². The molecule has 0 unspecified atom stereocenters. The van der Waals surface area contributed by atoms with Gasteiger partial charge in [0.1, 0.15) is 4.90 Å². The minimum Gasteiger partial charge on any atom is -0.326 e. The van der Waals surface area contributed by atoms with Gasteiger partial charge in [0, 0.05) is 24.7 Å². The van der Waals surface area contributed by atoms with Crippen LogP contribution in [-0.4, -0.2) is 25.8 Å². The monoisotopic (exact) mass is 350 g/mol. The molecule has 1 aromatic carbocycles. The Balaban J connectivity index is 2.41. The highest BCUT2D eigenvalue weighted by atomic mass is 35.5. The van der Waals surface area contributed by atoms with E-state index in [2.05, 4.69) is 0 Å². The van der Waals surface area contributed by atoms with Crippen molar-refractivity contribution in [2.24, 2.45) is 5.73 Å². The molecule has 0 amide bonds. The lowest BCUT2D eigenvalue weighted by Gasteiger charge is -2.30.